The summed E-state index contributed by atoms with van der Waals surface area (Å²) in [6, 6.07) is 7.50. The third-order valence-corrected chi connectivity index (χ3v) is 3.19. The molecule has 0 saturated carbocycles. The van der Waals surface area contributed by atoms with Crippen molar-refractivity contribution in [1.29, 1.82) is 0 Å². The van der Waals surface area contributed by atoms with Crippen molar-refractivity contribution in [2.75, 3.05) is 18.5 Å². The van der Waals surface area contributed by atoms with Crippen LogP contribution < -0.4 is 14.8 Å². The number of aryl methyl sites for hydroxylation is 1. The van der Waals surface area contributed by atoms with Crippen LogP contribution in [0.2, 0.25) is 5.02 Å². The topological polar surface area (TPSA) is 43.6 Å². The number of nitrogens with one attached hydrogen (secondary N) is 1. The lowest BCUT2D eigenvalue weighted by atomic mass is 10.2. The van der Waals surface area contributed by atoms with Crippen LogP contribution >= 0.6 is 11.6 Å². The van der Waals surface area contributed by atoms with Crippen LogP contribution in [-0.4, -0.2) is 13.2 Å². The predicted molar refractivity (Wildman–Crippen MR) is 73.2 cm³/mol. The van der Waals surface area contributed by atoms with Gasteiger partial charge in [-0.3, -0.25) is 0 Å². The van der Waals surface area contributed by atoms with Crippen molar-refractivity contribution < 1.29 is 13.9 Å². The molecule has 1 aliphatic heterocycles. The van der Waals surface area contributed by atoms with Crippen molar-refractivity contribution in [3.05, 3.63) is 40.8 Å². The number of hydrogen-bond donors (Lipinski definition) is 1. The van der Waals surface area contributed by atoms with Crippen LogP contribution in [0.4, 0.5) is 5.69 Å². The van der Waals surface area contributed by atoms with Gasteiger partial charge in [0.25, 0.3) is 0 Å². The highest BCUT2D eigenvalue weighted by Gasteiger charge is 2.15. The van der Waals surface area contributed by atoms with E-state index in [0.29, 0.717) is 36.3 Å². The van der Waals surface area contributed by atoms with E-state index >= 15 is 0 Å². The zero-order valence-corrected chi connectivity index (χ0v) is 11.3. The van der Waals surface area contributed by atoms with Crippen LogP contribution in [0.3, 0.4) is 0 Å². The molecule has 0 saturated heterocycles. The number of benzene rings is 1. The minimum absolute atomic E-state index is 0.557. The molecule has 4 nitrogen and oxygen atoms in total. The van der Waals surface area contributed by atoms with E-state index < -0.39 is 0 Å². The maximum atomic E-state index is 6.20. The smallest absolute Gasteiger partial charge is 0.163 e. The van der Waals surface area contributed by atoms with Crippen LogP contribution in [0.5, 0.6) is 11.5 Å². The molecular weight excluding hydrogens is 266 g/mol. The lowest BCUT2D eigenvalue weighted by molar-refractivity contribution is 0.171. The second-order valence-electron chi connectivity index (χ2n) is 4.34. The molecule has 0 aliphatic carbocycles. The number of halogens is 1. The Morgan fingerprint density at radius 2 is 1.89 bits per heavy atom. The summed E-state index contributed by atoms with van der Waals surface area (Å²) in [6.07, 6.45) is 0. The quantitative estimate of drug-likeness (QED) is 0.932. The first kappa shape index (κ1) is 12.2. The normalized spacial score (nSPS) is 13.4. The predicted octanol–water partition coefficient (Wildman–Crippen LogP) is 3.62. The second-order valence-corrected chi connectivity index (χ2v) is 4.75. The molecule has 0 radical (unpaired) electrons. The van der Waals surface area contributed by atoms with Crippen molar-refractivity contribution in [1.82, 2.24) is 0 Å². The molecule has 0 amide bonds. The fourth-order valence-electron chi connectivity index (χ4n) is 1.96. The summed E-state index contributed by atoms with van der Waals surface area (Å²) in [7, 11) is 0. The van der Waals surface area contributed by atoms with Gasteiger partial charge in [-0.1, -0.05) is 11.6 Å². The van der Waals surface area contributed by atoms with Crippen molar-refractivity contribution in [3.8, 4) is 11.5 Å². The summed E-state index contributed by atoms with van der Waals surface area (Å²) in [4.78, 5) is 0. The number of rotatable bonds is 3. The number of ether oxygens (including phenoxy) is 2. The Hall–Kier alpha value is -1.81. The van der Waals surface area contributed by atoms with Gasteiger partial charge < -0.3 is 19.2 Å². The molecule has 100 valence electrons. The van der Waals surface area contributed by atoms with E-state index in [4.69, 9.17) is 25.5 Å². The average Bonchev–Trinajstić information content (AvgIpc) is 2.82. The van der Waals surface area contributed by atoms with E-state index in [2.05, 4.69) is 5.32 Å². The molecule has 1 aromatic heterocycles. The summed E-state index contributed by atoms with van der Waals surface area (Å²) >= 11 is 6.20. The molecule has 0 fully saturated rings. The van der Waals surface area contributed by atoms with Gasteiger partial charge in [0, 0.05) is 12.1 Å². The highest BCUT2D eigenvalue weighted by atomic mass is 35.5. The molecular formula is C14H14ClNO3. The van der Waals surface area contributed by atoms with Crippen molar-refractivity contribution >= 4 is 17.3 Å². The summed E-state index contributed by atoms with van der Waals surface area (Å²) in [6.45, 7) is 3.61. The maximum absolute atomic E-state index is 6.20. The summed E-state index contributed by atoms with van der Waals surface area (Å²) in [5, 5.41) is 3.84. The molecule has 2 aromatic rings. The highest BCUT2D eigenvalue weighted by Crippen LogP contribution is 2.38. The molecule has 2 heterocycles. The van der Waals surface area contributed by atoms with Gasteiger partial charge in [0.15, 0.2) is 11.5 Å². The molecule has 1 aliphatic rings. The Morgan fingerprint density at radius 1 is 1.16 bits per heavy atom. The maximum Gasteiger partial charge on any atom is 0.163 e. The highest BCUT2D eigenvalue weighted by molar-refractivity contribution is 6.33. The Labute approximate surface area is 116 Å². The van der Waals surface area contributed by atoms with E-state index in [0.717, 1.165) is 17.2 Å². The van der Waals surface area contributed by atoms with Gasteiger partial charge in [0.1, 0.15) is 24.7 Å². The Morgan fingerprint density at radius 3 is 2.58 bits per heavy atom. The third kappa shape index (κ3) is 2.63. The van der Waals surface area contributed by atoms with Crippen molar-refractivity contribution in [2.24, 2.45) is 0 Å². The van der Waals surface area contributed by atoms with Crippen LogP contribution in [0, 0.1) is 6.92 Å². The first-order valence-corrected chi connectivity index (χ1v) is 6.48. The first-order chi connectivity index (χ1) is 9.22. The van der Waals surface area contributed by atoms with Crippen LogP contribution in [0.1, 0.15) is 11.5 Å². The Balaban J connectivity index is 1.77. The standard InChI is InChI=1S/C14H14ClNO3/c1-9-2-3-10(19-9)8-16-12-7-14-13(6-11(12)15)17-4-5-18-14/h2-3,6-7,16H,4-5,8H2,1H3. The molecule has 1 N–H and O–H groups in total. The van der Waals surface area contributed by atoms with Crippen molar-refractivity contribution in [3.63, 3.8) is 0 Å². The molecule has 0 bridgehead atoms. The third-order valence-electron chi connectivity index (χ3n) is 2.88. The van der Waals surface area contributed by atoms with Gasteiger partial charge in [-0.25, -0.2) is 0 Å². The molecule has 0 atom stereocenters. The van der Waals surface area contributed by atoms with Crippen LogP contribution in [0.25, 0.3) is 0 Å². The molecule has 19 heavy (non-hydrogen) atoms. The molecule has 1 aromatic carbocycles. The summed E-state index contributed by atoms with van der Waals surface area (Å²) < 4.78 is 16.5. The fraction of sp³-hybridized carbons (Fsp3) is 0.286. The Bertz CT molecular complexity index is 594. The molecule has 5 heteroatoms. The minimum atomic E-state index is 0.557. The second kappa shape index (κ2) is 5.05. The number of furan rings is 1. The zero-order chi connectivity index (χ0) is 13.2. The van der Waals surface area contributed by atoms with Crippen molar-refractivity contribution in [2.45, 2.75) is 13.5 Å². The minimum Gasteiger partial charge on any atom is -0.486 e. The SMILES string of the molecule is Cc1ccc(CNc2cc3c(cc2Cl)OCCO3)o1. The largest absolute Gasteiger partial charge is 0.486 e. The van der Waals surface area contributed by atoms with Crippen LogP contribution in [-0.2, 0) is 6.54 Å². The van der Waals surface area contributed by atoms with Gasteiger partial charge in [-0.05, 0) is 19.1 Å². The molecule has 0 unspecified atom stereocenters. The fourth-order valence-corrected chi connectivity index (χ4v) is 2.18. The van der Waals surface area contributed by atoms with Gasteiger partial charge >= 0.3 is 0 Å². The number of anilines is 1. The lowest BCUT2D eigenvalue weighted by Crippen LogP contribution is -2.15. The van der Waals surface area contributed by atoms with Gasteiger partial charge in [0.05, 0.1) is 17.3 Å². The average molecular weight is 280 g/mol. The molecule has 0 spiro atoms. The van der Waals surface area contributed by atoms with Gasteiger partial charge in [-0.15, -0.1) is 0 Å². The van der Waals surface area contributed by atoms with E-state index in [9.17, 15) is 0 Å². The van der Waals surface area contributed by atoms with E-state index in [-0.39, 0.29) is 0 Å². The van der Waals surface area contributed by atoms with Gasteiger partial charge in [-0.2, -0.15) is 0 Å². The summed E-state index contributed by atoms with van der Waals surface area (Å²) in [5.41, 5.74) is 0.806. The molecule has 3 rings (SSSR count). The summed E-state index contributed by atoms with van der Waals surface area (Å²) in [5.74, 6) is 3.16. The zero-order valence-electron chi connectivity index (χ0n) is 10.5. The number of fused-ring (bicyclic) bond motifs is 1. The lowest BCUT2D eigenvalue weighted by Gasteiger charge is -2.20. The Kier molecular flexibility index (Phi) is 3.25. The van der Waals surface area contributed by atoms with Crippen LogP contribution in [0.15, 0.2) is 28.7 Å². The van der Waals surface area contributed by atoms with Gasteiger partial charge in [0.2, 0.25) is 0 Å². The van der Waals surface area contributed by atoms with E-state index in [1.807, 2.05) is 25.1 Å². The van der Waals surface area contributed by atoms with E-state index in [1.54, 1.807) is 6.07 Å². The number of hydrogen-bond acceptors (Lipinski definition) is 4. The van der Waals surface area contributed by atoms with E-state index in [1.165, 1.54) is 0 Å². The first-order valence-electron chi connectivity index (χ1n) is 6.11. The monoisotopic (exact) mass is 279 g/mol.